The highest BCUT2D eigenvalue weighted by Gasteiger charge is 2.14. The topological polar surface area (TPSA) is 38.9 Å². The van der Waals surface area contributed by atoms with Crippen LogP contribution in [0.2, 0.25) is 0 Å². The fourth-order valence-corrected chi connectivity index (χ4v) is 0.978. The van der Waals surface area contributed by atoms with Crippen LogP contribution in [-0.2, 0) is 6.42 Å². The van der Waals surface area contributed by atoms with Crippen molar-refractivity contribution in [1.29, 1.82) is 0 Å². The van der Waals surface area contributed by atoms with Crippen molar-refractivity contribution in [3.05, 3.63) is 30.1 Å². The van der Waals surface area contributed by atoms with Crippen LogP contribution in [-0.4, -0.2) is 10.5 Å². The van der Waals surface area contributed by atoms with E-state index in [2.05, 4.69) is 10.9 Å². The van der Waals surface area contributed by atoms with Crippen LogP contribution in [0.15, 0.2) is 24.5 Å². The SMILES string of the molecule is C#CC(C)(N)Cc1cccnc1. The number of nitrogens with two attached hydrogens (primary N) is 1. The van der Waals surface area contributed by atoms with Gasteiger partial charge in [0.2, 0.25) is 0 Å². The molecule has 0 aliphatic heterocycles. The molecule has 2 heteroatoms. The third-order valence-corrected chi connectivity index (χ3v) is 1.62. The van der Waals surface area contributed by atoms with Crippen molar-refractivity contribution in [2.75, 3.05) is 0 Å². The Morgan fingerprint density at radius 2 is 2.50 bits per heavy atom. The van der Waals surface area contributed by atoms with Gasteiger partial charge < -0.3 is 5.73 Å². The van der Waals surface area contributed by atoms with E-state index in [0.717, 1.165) is 5.56 Å². The Bertz CT molecular complexity index is 282. The summed E-state index contributed by atoms with van der Waals surface area (Å²) in [5.74, 6) is 2.54. The summed E-state index contributed by atoms with van der Waals surface area (Å²) in [4.78, 5) is 3.98. The zero-order chi connectivity index (χ0) is 9.03. The molecule has 0 aromatic carbocycles. The van der Waals surface area contributed by atoms with E-state index in [0.29, 0.717) is 6.42 Å². The maximum atomic E-state index is 5.78. The molecule has 0 bridgehead atoms. The lowest BCUT2D eigenvalue weighted by atomic mass is 9.96. The van der Waals surface area contributed by atoms with Crippen molar-refractivity contribution in [1.82, 2.24) is 4.98 Å². The van der Waals surface area contributed by atoms with Gasteiger partial charge in [0.25, 0.3) is 0 Å². The van der Waals surface area contributed by atoms with Gasteiger partial charge in [-0.15, -0.1) is 6.42 Å². The standard InChI is InChI=1S/C10H12N2/c1-3-10(2,11)7-9-5-4-6-12-8-9/h1,4-6,8H,7,11H2,2H3. The van der Waals surface area contributed by atoms with Crippen molar-refractivity contribution in [2.45, 2.75) is 18.9 Å². The van der Waals surface area contributed by atoms with Crippen LogP contribution in [0.4, 0.5) is 0 Å². The summed E-state index contributed by atoms with van der Waals surface area (Å²) in [6, 6.07) is 3.84. The predicted molar refractivity (Wildman–Crippen MR) is 49.4 cm³/mol. The van der Waals surface area contributed by atoms with E-state index in [4.69, 9.17) is 12.2 Å². The molecule has 1 aromatic heterocycles. The first-order valence-electron chi connectivity index (χ1n) is 3.79. The molecule has 0 spiro atoms. The summed E-state index contributed by atoms with van der Waals surface area (Å²) in [5.41, 5.74) is 6.29. The van der Waals surface area contributed by atoms with Crippen molar-refractivity contribution < 1.29 is 0 Å². The van der Waals surface area contributed by atoms with Crippen LogP contribution in [0.5, 0.6) is 0 Å². The Morgan fingerprint density at radius 1 is 1.75 bits per heavy atom. The van der Waals surface area contributed by atoms with Gasteiger partial charge in [-0.05, 0) is 18.6 Å². The second kappa shape index (κ2) is 3.38. The minimum atomic E-state index is -0.566. The summed E-state index contributed by atoms with van der Waals surface area (Å²) in [6.45, 7) is 1.83. The fourth-order valence-electron chi connectivity index (χ4n) is 0.978. The first kappa shape index (κ1) is 8.76. The second-order valence-electron chi connectivity index (χ2n) is 3.10. The average molecular weight is 160 g/mol. The molecule has 0 aliphatic rings. The number of aromatic nitrogens is 1. The van der Waals surface area contributed by atoms with E-state index in [1.807, 2.05) is 19.1 Å². The molecular weight excluding hydrogens is 148 g/mol. The van der Waals surface area contributed by atoms with E-state index >= 15 is 0 Å². The van der Waals surface area contributed by atoms with E-state index in [1.54, 1.807) is 12.4 Å². The summed E-state index contributed by atoms with van der Waals surface area (Å²) >= 11 is 0. The average Bonchev–Trinajstić information content (AvgIpc) is 2.06. The Labute approximate surface area is 72.8 Å². The molecule has 0 saturated carbocycles. The Balaban J connectivity index is 2.72. The predicted octanol–water partition coefficient (Wildman–Crippen LogP) is 0.975. The largest absolute Gasteiger partial charge is 0.315 e. The maximum Gasteiger partial charge on any atom is 0.0786 e. The van der Waals surface area contributed by atoms with Crippen molar-refractivity contribution in [3.63, 3.8) is 0 Å². The number of pyridine rings is 1. The number of terminal acetylenes is 1. The van der Waals surface area contributed by atoms with Crippen molar-refractivity contribution in [2.24, 2.45) is 5.73 Å². The first-order chi connectivity index (χ1) is 5.64. The quantitative estimate of drug-likeness (QED) is 0.655. The molecule has 2 nitrogen and oxygen atoms in total. The van der Waals surface area contributed by atoms with Crippen LogP contribution >= 0.6 is 0 Å². The molecule has 1 rings (SSSR count). The summed E-state index contributed by atoms with van der Waals surface area (Å²) < 4.78 is 0. The Kier molecular flexibility index (Phi) is 2.47. The van der Waals surface area contributed by atoms with Gasteiger partial charge in [0.15, 0.2) is 0 Å². The second-order valence-corrected chi connectivity index (χ2v) is 3.10. The molecule has 1 unspecified atom stereocenters. The highest BCUT2D eigenvalue weighted by molar-refractivity contribution is 5.19. The molecule has 12 heavy (non-hydrogen) atoms. The Morgan fingerprint density at radius 3 is 3.00 bits per heavy atom. The molecule has 1 heterocycles. The summed E-state index contributed by atoms with van der Waals surface area (Å²) in [6.07, 6.45) is 9.43. The molecule has 0 radical (unpaired) electrons. The lowest BCUT2D eigenvalue weighted by Gasteiger charge is -2.16. The molecule has 2 N–H and O–H groups in total. The fraction of sp³-hybridized carbons (Fsp3) is 0.300. The van der Waals surface area contributed by atoms with E-state index in [1.165, 1.54) is 0 Å². The zero-order valence-corrected chi connectivity index (χ0v) is 7.12. The van der Waals surface area contributed by atoms with Gasteiger partial charge in [-0.3, -0.25) is 4.98 Å². The lowest BCUT2D eigenvalue weighted by molar-refractivity contribution is 0.603. The van der Waals surface area contributed by atoms with Gasteiger partial charge in [0.05, 0.1) is 5.54 Å². The summed E-state index contributed by atoms with van der Waals surface area (Å²) in [5, 5.41) is 0. The highest BCUT2D eigenvalue weighted by Crippen LogP contribution is 2.07. The normalized spacial score (nSPS) is 14.8. The molecule has 0 aliphatic carbocycles. The number of hydrogen-bond donors (Lipinski definition) is 1. The van der Waals surface area contributed by atoms with E-state index in [9.17, 15) is 0 Å². The molecule has 1 atom stereocenters. The number of nitrogens with zero attached hydrogens (tertiary/aromatic N) is 1. The summed E-state index contributed by atoms with van der Waals surface area (Å²) in [7, 11) is 0. The molecule has 1 aromatic rings. The minimum Gasteiger partial charge on any atom is -0.315 e. The molecule has 62 valence electrons. The van der Waals surface area contributed by atoms with E-state index in [-0.39, 0.29) is 0 Å². The molecule has 0 saturated heterocycles. The Hall–Kier alpha value is -1.33. The van der Waals surface area contributed by atoms with Crippen LogP contribution in [0.1, 0.15) is 12.5 Å². The molecule has 0 amide bonds. The molecular formula is C10H12N2. The number of hydrogen-bond acceptors (Lipinski definition) is 2. The van der Waals surface area contributed by atoms with Crippen LogP contribution in [0.25, 0.3) is 0 Å². The monoisotopic (exact) mass is 160 g/mol. The van der Waals surface area contributed by atoms with E-state index < -0.39 is 5.54 Å². The van der Waals surface area contributed by atoms with Gasteiger partial charge >= 0.3 is 0 Å². The molecule has 0 fully saturated rings. The van der Waals surface area contributed by atoms with Gasteiger partial charge in [0, 0.05) is 18.8 Å². The first-order valence-corrected chi connectivity index (χ1v) is 3.79. The zero-order valence-electron chi connectivity index (χ0n) is 7.12. The van der Waals surface area contributed by atoms with Crippen molar-refractivity contribution in [3.8, 4) is 12.3 Å². The lowest BCUT2D eigenvalue weighted by Crippen LogP contribution is -2.36. The highest BCUT2D eigenvalue weighted by atomic mass is 14.7. The van der Waals surface area contributed by atoms with Gasteiger partial charge in [0.1, 0.15) is 0 Å². The van der Waals surface area contributed by atoms with Crippen LogP contribution in [0, 0.1) is 12.3 Å². The number of rotatable bonds is 2. The third kappa shape index (κ3) is 2.37. The maximum absolute atomic E-state index is 5.78. The smallest absolute Gasteiger partial charge is 0.0786 e. The van der Waals surface area contributed by atoms with Gasteiger partial charge in [-0.2, -0.15) is 0 Å². The minimum absolute atomic E-state index is 0.566. The van der Waals surface area contributed by atoms with Crippen LogP contribution < -0.4 is 5.73 Å². The van der Waals surface area contributed by atoms with Crippen LogP contribution in [0.3, 0.4) is 0 Å². The van der Waals surface area contributed by atoms with Gasteiger partial charge in [-0.1, -0.05) is 12.0 Å². The van der Waals surface area contributed by atoms with Gasteiger partial charge in [-0.25, -0.2) is 0 Å². The van der Waals surface area contributed by atoms with Crippen molar-refractivity contribution >= 4 is 0 Å². The third-order valence-electron chi connectivity index (χ3n) is 1.62.